The summed E-state index contributed by atoms with van der Waals surface area (Å²) in [5.74, 6) is -0.0984. The quantitative estimate of drug-likeness (QED) is 0.831. The summed E-state index contributed by atoms with van der Waals surface area (Å²) in [6, 6.07) is 10.8. The molecule has 1 atom stereocenters. The van der Waals surface area contributed by atoms with Gasteiger partial charge >= 0.3 is 0 Å². The second-order valence-corrected chi connectivity index (χ2v) is 6.33. The largest absolute Gasteiger partial charge is 0.325 e. The number of nitrogens with one attached hydrogen (secondary N) is 1. The normalized spacial score (nSPS) is 12.2. The Hall–Kier alpha value is -1.98. The number of carbonyl (C=O) groups is 2. The third kappa shape index (κ3) is 4.26. The molecular weight excluding hydrogens is 296 g/mol. The molecule has 2 aromatic rings. The van der Waals surface area contributed by atoms with Crippen molar-refractivity contribution in [1.82, 2.24) is 4.90 Å². The molecule has 0 radical (unpaired) electrons. The van der Waals surface area contributed by atoms with Crippen LogP contribution in [0.5, 0.6) is 0 Å². The van der Waals surface area contributed by atoms with E-state index in [4.69, 9.17) is 0 Å². The molecule has 4 nitrogen and oxygen atoms in total. The first-order valence-corrected chi connectivity index (χ1v) is 8.00. The van der Waals surface area contributed by atoms with E-state index in [9.17, 15) is 9.59 Å². The van der Waals surface area contributed by atoms with E-state index in [1.807, 2.05) is 30.3 Å². The highest BCUT2D eigenvalue weighted by molar-refractivity contribution is 7.09. The van der Waals surface area contributed by atoms with Crippen molar-refractivity contribution >= 4 is 28.7 Å². The van der Waals surface area contributed by atoms with Crippen molar-refractivity contribution < 1.29 is 9.59 Å². The number of anilines is 1. The maximum absolute atomic E-state index is 12.3. The van der Waals surface area contributed by atoms with Crippen LogP contribution in [-0.4, -0.2) is 29.7 Å². The zero-order valence-electron chi connectivity index (χ0n) is 13.0. The van der Waals surface area contributed by atoms with Gasteiger partial charge in [-0.15, -0.1) is 11.3 Å². The molecule has 0 unspecified atom stereocenters. The summed E-state index contributed by atoms with van der Waals surface area (Å²) in [5, 5.41) is 4.90. The lowest BCUT2D eigenvalue weighted by molar-refractivity contribution is -0.120. The van der Waals surface area contributed by atoms with Gasteiger partial charge in [-0.2, -0.15) is 0 Å². The molecule has 0 fully saturated rings. The van der Waals surface area contributed by atoms with Gasteiger partial charge in [0.2, 0.25) is 5.91 Å². The SMILES string of the molecule is CC(=O)c1cccc(NC(=O)[C@H](C)N(C)Cc2cccs2)c1. The van der Waals surface area contributed by atoms with Crippen LogP contribution in [0.15, 0.2) is 41.8 Å². The molecule has 22 heavy (non-hydrogen) atoms. The Morgan fingerprint density at radius 3 is 2.68 bits per heavy atom. The lowest BCUT2D eigenvalue weighted by Crippen LogP contribution is -2.39. The summed E-state index contributed by atoms with van der Waals surface area (Å²) in [4.78, 5) is 26.9. The fourth-order valence-corrected chi connectivity index (χ4v) is 2.82. The summed E-state index contributed by atoms with van der Waals surface area (Å²) in [6.45, 7) is 4.12. The molecule has 1 aromatic carbocycles. The van der Waals surface area contributed by atoms with E-state index in [2.05, 4.69) is 11.4 Å². The summed E-state index contributed by atoms with van der Waals surface area (Å²) in [6.07, 6.45) is 0. The van der Waals surface area contributed by atoms with Gasteiger partial charge < -0.3 is 5.32 Å². The molecule has 0 aliphatic heterocycles. The average molecular weight is 316 g/mol. The van der Waals surface area contributed by atoms with Crippen LogP contribution in [0.25, 0.3) is 0 Å². The molecule has 0 bridgehead atoms. The van der Waals surface area contributed by atoms with Crippen LogP contribution in [-0.2, 0) is 11.3 Å². The highest BCUT2D eigenvalue weighted by Gasteiger charge is 2.18. The Kier molecular flexibility index (Phi) is 5.46. The van der Waals surface area contributed by atoms with E-state index in [-0.39, 0.29) is 17.7 Å². The number of likely N-dealkylation sites (N-methyl/N-ethyl adjacent to an activating group) is 1. The molecule has 1 N–H and O–H groups in total. The molecule has 0 spiro atoms. The van der Waals surface area contributed by atoms with E-state index < -0.39 is 0 Å². The molecular formula is C17H20N2O2S. The average Bonchev–Trinajstić information content (AvgIpc) is 2.99. The first kappa shape index (κ1) is 16.4. The van der Waals surface area contributed by atoms with Crippen LogP contribution in [0, 0.1) is 0 Å². The van der Waals surface area contributed by atoms with Crippen molar-refractivity contribution in [2.75, 3.05) is 12.4 Å². The monoisotopic (exact) mass is 316 g/mol. The molecule has 0 aliphatic carbocycles. The summed E-state index contributed by atoms with van der Waals surface area (Å²) in [7, 11) is 1.93. The minimum absolute atomic E-state index is 0.0149. The molecule has 5 heteroatoms. The Labute approximate surface area is 134 Å². The van der Waals surface area contributed by atoms with Crippen molar-refractivity contribution in [1.29, 1.82) is 0 Å². The molecule has 1 heterocycles. The van der Waals surface area contributed by atoms with Crippen molar-refractivity contribution in [2.45, 2.75) is 26.4 Å². The predicted molar refractivity (Wildman–Crippen MR) is 90.3 cm³/mol. The zero-order chi connectivity index (χ0) is 16.1. The van der Waals surface area contributed by atoms with Crippen molar-refractivity contribution in [3.63, 3.8) is 0 Å². The first-order chi connectivity index (χ1) is 10.5. The minimum Gasteiger partial charge on any atom is -0.325 e. The van der Waals surface area contributed by atoms with E-state index in [1.54, 1.807) is 35.6 Å². The van der Waals surface area contributed by atoms with E-state index in [0.29, 0.717) is 11.3 Å². The van der Waals surface area contributed by atoms with Crippen molar-refractivity contribution in [3.05, 3.63) is 52.2 Å². The number of ketones is 1. The summed E-state index contributed by atoms with van der Waals surface area (Å²) >= 11 is 1.68. The zero-order valence-corrected chi connectivity index (χ0v) is 13.8. The van der Waals surface area contributed by atoms with Crippen LogP contribution in [0.3, 0.4) is 0 Å². The molecule has 1 amide bonds. The lowest BCUT2D eigenvalue weighted by Gasteiger charge is -2.23. The van der Waals surface area contributed by atoms with Crippen LogP contribution in [0.4, 0.5) is 5.69 Å². The highest BCUT2D eigenvalue weighted by Crippen LogP contribution is 2.15. The molecule has 2 rings (SSSR count). The number of nitrogens with zero attached hydrogens (tertiary/aromatic N) is 1. The summed E-state index contributed by atoms with van der Waals surface area (Å²) in [5.41, 5.74) is 1.24. The van der Waals surface area contributed by atoms with Gasteiger partial charge in [0.1, 0.15) is 0 Å². The minimum atomic E-state index is -0.261. The van der Waals surface area contributed by atoms with Crippen LogP contribution < -0.4 is 5.32 Å². The van der Waals surface area contributed by atoms with E-state index in [1.165, 1.54) is 11.8 Å². The maximum Gasteiger partial charge on any atom is 0.241 e. The lowest BCUT2D eigenvalue weighted by atomic mass is 10.1. The number of amides is 1. The van der Waals surface area contributed by atoms with Gasteiger partial charge in [-0.3, -0.25) is 14.5 Å². The molecule has 0 saturated carbocycles. The van der Waals surface area contributed by atoms with Crippen LogP contribution in [0.2, 0.25) is 0 Å². The second kappa shape index (κ2) is 7.33. The first-order valence-electron chi connectivity index (χ1n) is 7.12. The van der Waals surface area contributed by atoms with E-state index >= 15 is 0 Å². The molecule has 1 aromatic heterocycles. The number of hydrogen-bond acceptors (Lipinski definition) is 4. The van der Waals surface area contributed by atoms with Gasteiger partial charge in [-0.25, -0.2) is 0 Å². The predicted octanol–water partition coefficient (Wildman–Crippen LogP) is 3.41. The highest BCUT2D eigenvalue weighted by atomic mass is 32.1. The number of rotatable bonds is 6. The third-order valence-corrected chi connectivity index (χ3v) is 4.42. The van der Waals surface area contributed by atoms with Crippen molar-refractivity contribution in [3.8, 4) is 0 Å². The Bertz CT molecular complexity index is 652. The standard InChI is InChI=1S/C17H20N2O2S/c1-12(19(3)11-16-8-5-9-22-16)17(21)18-15-7-4-6-14(10-15)13(2)20/h4-10,12H,11H2,1-3H3,(H,18,21)/t12-/m0/s1. The van der Waals surface area contributed by atoms with Gasteiger partial charge in [0.05, 0.1) is 6.04 Å². The van der Waals surface area contributed by atoms with Gasteiger partial charge in [-0.05, 0) is 44.5 Å². The van der Waals surface area contributed by atoms with Gasteiger partial charge in [-0.1, -0.05) is 18.2 Å². The number of Topliss-reactive ketones (excluding diaryl/α,β-unsaturated/α-hetero) is 1. The molecule has 0 saturated heterocycles. The van der Waals surface area contributed by atoms with Gasteiger partial charge in [0.25, 0.3) is 0 Å². The Balaban J connectivity index is 1.98. The number of hydrogen-bond donors (Lipinski definition) is 1. The Morgan fingerprint density at radius 1 is 1.27 bits per heavy atom. The number of benzene rings is 1. The topological polar surface area (TPSA) is 49.4 Å². The van der Waals surface area contributed by atoms with E-state index in [0.717, 1.165) is 6.54 Å². The second-order valence-electron chi connectivity index (χ2n) is 5.30. The van der Waals surface area contributed by atoms with Gasteiger partial charge in [0.15, 0.2) is 5.78 Å². The van der Waals surface area contributed by atoms with Crippen LogP contribution in [0.1, 0.15) is 29.1 Å². The number of thiophene rings is 1. The third-order valence-electron chi connectivity index (χ3n) is 3.56. The maximum atomic E-state index is 12.3. The fourth-order valence-electron chi connectivity index (χ4n) is 2.05. The smallest absolute Gasteiger partial charge is 0.241 e. The van der Waals surface area contributed by atoms with Crippen LogP contribution >= 0.6 is 11.3 Å². The molecule has 0 aliphatic rings. The number of carbonyl (C=O) groups excluding carboxylic acids is 2. The Morgan fingerprint density at radius 2 is 2.05 bits per heavy atom. The molecule has 116 valence electrons. The van der Waals surface area contributed by atoms with Crippen molar-refractivity contribution in [2.24, 2.45) is 0 Å². The summed E-state index contributed by atoms with van der Waals surface area (Å²) < 4.78 is 0. The van der Waals surface area contributed by atoms with Gasteiger partial charge in [0, 0.05) is 22.7 Å². The fraction of sp³-hybridized carbons (Fsp3) is 0.294.